The van der Waals surface area contributed by atoms with Crippen molar-refractivity contribution >= 4 is 5.97 Å². The van der Waals surface area contributed by atoms with Crippen molar-refractivity contribution < 1.29 is 14.6 Å². The van der Waals surface area contributed by atoms with Gasteiger partial charge in [-0.3, -0.25) is 4.79 Å². The summed E-state index contributed by atoms with van der Waals surface area (Å²) in [6.07, 6.45) is 0.518. The quantitative estimate of drug-likeness (QED) is 0.868. The standard InChI is InChI=1S/C17H18O3/c1-17(16(19)20-2,14-6-4-3-5-7-14)12-13-8-10-15(18)11-9-13/h3-11,18H,12H2,1-2H3/t17-/m1/s1. The van der Waals surface area contributed by atoms with Gasteiger partial charge in [0.25, 0.3) is 0 Å². The number of esters is 1. The van der Waals surface area contributed by atoms with Crippen molar-refractivity contribution in [3.05, 3.63) is 65.7 Å². The molecule has 104 valence electrons. The van der Waals surface area contributed by atoms with Gasteiger partial charge in [-0.2, -0.15) is 0 Å². The number of phenols is 1. The van der Waals surface area contributed by atoms with Crippen molar-refractivity contribution in [1.29, 1.82) is 0 Å². The van der Waals surface area contributed by atoms with Gasteiger partial charge in [0.2, 0.25) is 0 Å². The summed E-state index contributed by atoms with van der Waals surface area (Å²) in [4.78, 5) is 12.2. The number of aromatic hydroxyl groups is 1. The lowest BCUT2D eigenvalue weighted by Gasteiger charge is -2.27. The van der Waals surface area contributed by atoms with Gasteiger partial charge >= 0.3 is 5.97 Å². The highest BCUT2D eigenvalue weighted by molar-refractivity contribution is 5.83. The smallest absolute Gasteiger partial charge is 0.316 e. The zero-order chi connectivity index (χ0) is 14.6. The molecular weight excluding hydrogens is 252 g/mol. The lowest BCUT2D eigenvalue weighted by molar-refractivity contribution is -0.146. The minimum absolute atomic E-state index is 0.216. The van der Waals surface area contributed by atoms with Gasteiger partial charge in [0, 0.05) is 0 Å². The van der Waals surface area contributed by atoms with Crippen LogP contribution < -0.4 is 0 Å². The molecule has 0 heterocycles. The van der Waals surface area contributed by atoms with Crippen LogP contribution in [-0.2, 0) is 21.4 Å². The van der Waals surface area contributed by atoms with Gasteiger partial charge < -0.3 is 9.84 Å². The molecule has 0 fully saturated rings. The van der Waals surface area contributed by atoms with Crippen LogP contribution in [0.4, 0.5) is 0 Å². The topological polar surface area (TPSA) is 46.5 Å². The number of benzene rings is 2. The summed E-state index contributed by atoms with van der Waals surface area (Å²) < 4.78 is 4.98. The SMILES string of the molecule is COC(=O)[C@](C)(Cc1ccc(O)cc1)c1ccccc1. The average molecular weight is 270 g/mol. The normalized spacial score (nSPS) is 13.5. The van der Waals surface area contributed by atoms with Gasteiger partial charge in [0.15, 0.2) is 0 Å². The number of hydrogen-bond donors (Lipinski definition) is 1. The Kier molecular flexibility index (Phi) is 4.08. The Bertz CT molecular complexity index is 575. The van der Waals surface area contributed by atoms with E-state index in [2.05, 4.69) is 0 Å². The van der Waals surface area contributed by atoms with Gasteiger partial charge in [-0.15, -0.1) is 0 Å². The Morgan fingerprint density at radius 2 is 1.70 bits per heavy atom. The van der Waals surface area contributed by atoms with Crippen molar-refractivity contribution in [2.75, 3.05) is 7.11 Å². The van der Waals surface area contributed by atoms with Crippen LogP contribution in [-0.4, -0.2) is 18.2 Å². The zero-order valence-corrected chi connectivity index (χ0v) is 11.7. The highest BCUT2D eigenvalue weighted by Crippen LogP contribution is 2.30. The van der Waals surface area contributed by atoms with Gasteiger partial charge in [0.1, 0.15) is 5.75 Å². The van der Waals surface area contributed by atoms with E-state index in [0.717, 1.165) is 11.1 Å². The van der Waals surface area contributed by atoms with Crippen LogP contribution in [0, 0.1) is 0 Å². The van der Waals surface area contributed by atoms with Gasteiger partial charge in [-0.1, -0.05) is 42.5 Å². The number of phenolic OH excluding ortho intramolecular Hbond substituents is 1. The molecule has 0 radical (unpaired) electrons. The van der Waals surface area contributed by atoms with E-state index in [1.54, 1.807) is 12.1 Å². The maximum absolute atomic E-state index is 12.2. The molecule has 0 saturated carbocycles. The first-order chi connectivity index (χ1) is 9.56. The second-order valence-electron chi connectivity index (χ2n) is 5.03. The van der Waals surface area contributed by atoms with E-state index in [1.807, 2.05) is 49.4 Å². The van der Waals surface area contributed by atoms with E-state index < -0.39 is 5.41 Å². The monoisotopic (exact) mass is 270 g/mol. The molecule has 0 aromatic heterocycles. The number of carbonyl (C=O) groups excluding carboxylic acids is 1. The third-order valence-electron chi connectivity index (χ3n) is 3.54. The molecule has 1 atom stereocenters. The molecule has 3 nitrogen and oxygen atoms in total. The van der Waals surface area contributed by atoms with Crippen LogP contribution in [0.1, 0.15) is 18.1 Å². The predicted molar refractivity (Wildman–Crippen MR) is 77.6 cm³/mol. The highest BCUT2D eigenvalue weighted by Gasteiger charge is 2.36. The second-order valence-corrected chi connectivity index (χ2v) is 5.03. The summed E-state index contributed by atoms with van der Waals surface area (Å²) in [6, 6.07) is 16.5. The summed E-state index contributed by atoms with van der Waals surface area (Å²) >= 11 is 0. The molecule has 2 rings (SSSR count). The number of hydrogen-bond acceptors (Lipinski definition) is 3. The Morgan fingerprint density at radius 1 is 1.10 bits per heavy atom. The molecule has 0 aliphatic rings. The molecule has 0 aliphatic heterocycles. The number of rotatable bonds is 4. The fourth-order valence-electron chi connectivity index (χ4n) is 2.35. The van der Waals surface area contributed by atoms with E-state index in [-0.39, 0.29) is 11.7 Å². The first-order valence-corrected chi connectivity index (χ1v) is 6.48. The molecule has 1 N–H and O–H groups in total. The fourth-order valence-corrected chi connectivity index (χ4v) is 2.35. The fraction of sp³-hybridized carbons (Fsp3) is 0.235. The predicted octanol–water partition coefficient (Wildman–Crippen LogP) is 3.07. The average Bonchev–Trinajstić information content (AvgIpc) is 2.49. The van der Waals surface area contributed by atoms with Gasteiger partial charge in [-0.05, 0) is 36.6 Å². The van der Waals surface area contributed by atoms with Crippen molar-refractivity contribution in [3.8, 4) is 5.75 Å². The van der Waals surface area contributed by atoms with Crippen molar-refractivity contribution in [1.82, 2.24) is 0 Å². The molecule has 0 unspecified atom stereocenters. The Morgan fingerprint density at radius 3 is 2.25 bits per heavy atom. The van der Waals surface area contributed by atoms with Gasteiger partial charge in [0.05, 0.1) is 12.5 Å². The molecule has 2 aromatic rings. The van der Waals surface area contributed by atoms with Crippen LogP contribution in [0.5, 0.6) is 5.75 Å². The first kappa shape index (κ1) is 14.1. The molecule has 3 heteroatoms. The Labute approximate surface area is 118 Å². The van der Waals surface area contributed by atoms with Crippen LogP contribution in [0.15, 0.2) is 54.6 Å². The third-order valence-corrected chi connectivity index (χ3v) is 3.54. The summed E-state index contributed by atoms with van der Waals surface area (Å²) in [5.41, 5.74) is 1.15. The molecule has 0 bridgehead atoms. The van der Waals surface area contributed by atoms with E-state index in [1.165, 1.54) is 7.11 Å². The third kappa shape index (κ3) is 2.82. The Balaban J connectivity index is 2.38. The molecular formula is C17H18O3. The van der Waals surface area contributed by atoms with E-state index >= 15 is 0 Å². The molecule has 0 aliphatic carbocycles. The van der Waals surface area contributed by atoms with E-state index in [0.29, 0.717) is 6.42 Å². The lowest BCUT2D eigenvalue weighted by atomic mass is 9.77. The minimum Gasteiger partial charge on any atom is -0.508 e. The molecule has 2 aromatic carbocycles. The zero-order valence-electron chi connectivity index (χ0n) is 11.7. The summed E-state index contributed by atoms with van der Waals surface area (Å²) in [5.74, 6) is -0.0509. The first-order valence-electron chi connectivity index (χ1n) is 6.48. The van der Waals surface area contributed by atoms with E-state index in [4.69, 9.17) is 4.74 Å². The van der Waals surface area contributed by atoms with Crippen LogP contribution in [0.25, 0.3) is 0 Å². The highest BCUT2D eigenvalue weighted by atomic mass is 16.5. The lowest BCUT2D eigenvalue weighted by Crippen LogP contribution is -2.36. The number of carbonyl (C=O) groups is 1. The van der Waals surface area contributed by atoms with Crippen molar-refractivity contribution in [2.24, 2.45) is 0 Å². The Hall–Kier alpha value is -2.29. The summed E-state index contributed by atoms with van der Waals surface area (Å²) in [5, 5.41) is 9.34. The molecule has 0 saturated heterocycles. The largest absolute Gasteiger partial charge is 0.508 e. The van der Waals surface area contributed by atoms with Crippen molar-refractivity contribution in [2.45, 2.75) is 18.8 Å². The maximum atomic E-state index is 12.2. The minimum atomic E-state index is -0.743. The van der Waals surface area contributed by atoms with Crippen LogP contribution in [0.3, 0.4) is 0 Å². The number of ether oxygens (including phenoxy) is 1. The molecule has 0 spiro atoms. The van der Waals surface area contributed by atoms with Crippen LogP contribution in [0.2, 0.25) is 0 Å². The van der Waals surface area contributed by atoms with E-state index in [9.17, 15) is 9.90 Å². The summed E-state index contributed by atoms with van der Waals surface area (Å²) in [6.45, 7) is 1.88. The second kappa shape index (κ2) is 5.78. The van der Waals surface area contributed by atoms with Crippen LogP contribution >= 0.6 is 0 Å². The van der Waals surface area contributed by atoms with Gasteiger partial charge in [-0.25, -0.2) is 0 Å². The summed E-state index contributed by atoms with van der Waals surface area (Å²) in [7, 11) is 1.40. The molecule has 20 heavy (non-hydrogen) atoms. The number of methoxy groups -OCH3 is 1. The maximum Gasteiger partial charge on any atom is 0.316 e. The van der Waals surface area contributed by atoms with Crippen molar-refractivity contribution in [3.63, 3.8) is 0 Å². The molecule has 0 amide bonds.